The van der Waals surface area contributed by atoms with Gasteiger partial charge in [0.05, 0.1) is 0 Å². The number of hydrogen-bond donors (Lipinski definition) is 1. The molecule has 4 aliphatic carbocycles. The van der Waals surface area contributed by atoms with Crippen molar-refractivity contribution >= 4 is 0 Å². The van der Waals surface area contributed by atoms with Crippen molar-refractivity contribution in [1.82, 2.24) is 0 Å². The topological polar surface area (TPSA) is 26.0 Å². The summed E-state index contributed by atoms with van der Waals surface area (Å²) in [5.41, 5.74) is 6.44. The van der Waals surface area contributed by atoms with Crippen LogP contribution >= 0.6 is 0 Å². The molecule has 4 aliphatic rings. The van der Waals surface area contributed by atoms with E-state index in [2.05, 4.69) is 0 Å². The minimum absolute atomic E-state index is 1.01. The Balaban J connectivity index is 1.12. The molecule has 0 radical (unpaired) electrons. The van der Waals surface area contributed by atoms with Crippen molar-refractivity contribution in [3.8, 4) is 0 Å². The van der Waals surface area contributed by atoms with Crippen LogP contribution in [-0.4, -0.2) is 0 Å². The Morgan fingerprint density at radius 3 is 1.25 bits per heavy atom. The zero-order valence-corrected chi connectivity index (χ0v) is 15.9. The van der Waals surface area contributed by atoms with Gasteiger partial charge < -0.3 is 5.73 Å². The zero-order valence-electron chi connectivity index (χ0n) is 15.9. The van der Waals surface area contributed by atoms with Gasteiger partial charge in [-0.1, -0.05) is 64.2 Å². The molecule has 138 valence electrons. The molecule has 4 rings (SSSR count). The molecule has 0 saturated heterocycles. The van der Waals surface area contributed by atoms with E-state index in [0.29, 0.717) is 0 Å². The molecule has 0 amide bonds. The molecule has 0 aromatic carbocycles. The highest BCUT2D eigenvalue weighted by atomic mass is 14.6. The fraction of sp³-hybridized carbons (Fsp3) is 0.957. The minimum atomic E-state index is 1.01. The molecule has 4 saturated carbocycles. The van der Waals surface area contributed by atoms with E-state index in [0.717, 1.165) is 35.5 Å². The van der Waals surface area contributed by atoms with Crippen LogP contribution in [0, 0.1) is 41.5 Å². The maximum Gasteiger partial charge on any atom is -0.0383 e. The van der Waals surface area contributed by atoms with E-state index in [-0.39, 0.29) is 0 Å². The second kappa shape index (κ2) is 8.11. The van der Waals surface area contributed by atoms with Crippen molar-refractivity contribution in [3.63, 3.8) is 0 Å². The molecule has 4 atom stereocenters. The third kappa shape index (κ3) is 4.19. The molecule has 24 heavy (non-hydrogen) atoms. The summed E-state index contributed by atoms with van der Waals surface area (Å²) >= 11 is 0. The minimum Gasteiger partial charge on any atom is -0.480 e. The second-order valence-electron chi connectivity index (χ2n) is 10.0. The third-order valence-electron chi connectivity index (χ3n) is 8.42. The molecule has 0 bridgehead atoms. The van der Waals surface area contributed by atoms with Crippen molar-refractivity contribution in [3.05, 3.63) is 6.04 Å². The largest absolute Gasteiger partial charge is 0.480 e. The highest BCUT2D eigenvalue weighted by molar-refractivity contribution is 4.91. The summed E-state index contributed by atoms with van der Waals surface area (Å²) in [7, 11) is 0. The smallest absolute Gasteiger partial charge is 0.0383 e. The third-order valence-corrected chi connectivity index (χ3v) is 8.42. The van der Waals surface area contributed by atoms with Gasteiger partial charge in [-0.2, -0.15) is 12.8 Å². The van der Waals surface area contributed by atoms with Crippen molar-refractivity contribution in [2.75, 3.05) is 0 Å². The molecule has 0 aromatic heterocycles. The van der Waals surface area contributed by atoms with E-state index in [1.165, 1.54) is 109 Å². The van der Waals surface area contributed by atoms with Gasteiger partial charge in [-0.25, -0.2) is 0 Å². The van der Waals surface area contributed by atoms with E-state index in [1.54, 1.807) is 0 Å². The predicted molar refractivity (Wildman–Crippen MR) is 102 cm³/mol. The number of hydrogen-bond acceptors (Lipinski definition) is 1. The van der Waals surface area contributed by atoms with Crippen LogP contribution in [0.1, 0.15) is 103 Å². The van der Waals surface area contributed by atoms with Crippen LogP contribution in [0.2, 0.25) is 0 Å². The Morgan fingerprint density at radius 1 is 0.583 bits per heavy atom. The number of nitrogens with two attached hydrogens (primary N) is 1. The van der Waals surface area contributed by atoms with Crippen molar-refractivity contribution in [1.29, 1.82) is 0 Å². The van der Waals surface area contributed by atoms with Gasteiger partial charge in [0.25, 0.3) is 0 Å². The lowest BCUT2D eigenvalue weighted by atomic mass is 9.82. The van der Waals surface area contributed by atoms with Gasteiger partial charge in [-0.15, -0.1) is 0 Å². The van der Waals surface area contributed by atoms with Crippen LogP contribution in [-0.2, 0) is 0 Å². The summed E-state index contributed by atoms with van der Waals surface area (Å²) in [4.78, 5) is 0. The summed E-state index contributed by atoms with van der Waals surface area (Å²) in [5.74, 6) is 6.37. The maximum absolute atomic E-state index is 6.44. The van der Waals surface area contributed by atoms with Gasteiger partial charge in [0.2, 0.25) is 0 Å². The summed E-state index contributed by atoms with van der Waals surface area (Å²) in [5, 5.41) is 0. The first-order valence-electron chi connectivity index (χ1n) is 11.4. The normalized spacial score (nSPS) is 42.2. The monoisotopic (exact) mass is 330 g/mol. The summed E-state index contributed by atoms with van der Waals surface area (Å²) in [6.07, 6.45) is 23.5. The van der Waals surface area contributed by atoms with Crippen molar-refractivity contribution < 1.29 is 0 Å². The lowest BCUT2D eigenvalue weighted by Crippen LogP contribution is -2.13. The Hall–Kier alpha value is -0.0400. The van der Waals surface area contributed by atoms with Crippen molar-refractivity contribution in [2.45, 2.75) is 103 Å². The molecule has 1 nitrogen and oxygen atoms in total. The van der Waals surface area contributed by atoms with Gasteiger partial charge in [0.1, 0.15) is 0 Å². The zero-order chi connectivity index (χ0) is 16.4. The molecule has 0 aromatic rings. The molecule has 0 heterocycles. The van der Waals surface area contributed by atoms with Crippen molar-refractivity contribution in [2.24, 2.45) is 41.2 Å². The highest BCUT2D eigenvalue weighted by Crippen LogP contribution is 2.48. The Bertz CT molecular complexity index is 327. The second-order valence-corrected chi connectivity index (χ2v) is 10.0. The maximum atomic E-state index is 6.44. The molecule has 1 heteroatoms. The summed E-state index contributed by atoms with van der Waals surface area (Å²) in [6.45, 7) is 0. The number of rotatable bonds is 6. The van der Waals surface area contributed by atoms with E-state index >= 15 is 0 Å². The first-order chi connectivity index (χ1) is 11.8. The van der Waals surface area contributed by atoms with Gasteiger partial charge in [0.15, 0.2) is 0 Å². The summed E-state index contributed by atoms with van der Waals surface area (Å²) < 4.78 is 0. The summed E-state index contributed by atoms with van der Waals surface area (Å²) in [6, 6.07) is 1.33. The molecular weight excluding hydrogens is 290 g/mol. The SMILES string of the molecule is N[C-](CCC1CC2CCCCC2C1)CCC1CC2CCCCC2C1. The Kier molecular flexibility index (Phi) is 5.87. The average molecular weight is 331 g/mol. The fourth-order valence-corrected chi connectivity index (χ4v) is 7.09. The van der Waals surface area contributed by atoms with Gasteiger partial charge >= 0.3 is 0 Å². The van der Waals surface area contributed by atoms with E-state index in [9.17, 15) is 0 Å². The van der Waals surface area contributed by atoms with Crippen LogP contribution in [0.4, 0.5) is 0 Å². The van der Waals surface area contributed by atoms with Crippen LogP contribution in [0.25, 0.3) is 0 Å². The highest BCUT2D eigenvalue weighted by Gasteiger charge is 2.35. The molecule has 4 unspecified atom stereocenters. The molecule has 0 spiro atoms. The first kappa shape index (κ1) is 17.4. The van der Waals surface area contributed by atoms with Crippen LogP contribution < -0.4 is 5.73 Å². The fourth-order valence-electron chi connectivity index (χ4n) is 7.09. The van der Waals surface area contributed by atoms with E-state index in [4.69, 9.17) is 5.73 Å². The van der Waals surface area contributed by atoms with Crippen LogP contribution in [0.5, 0.6) is 0 Å². The lowest BCUT2D eigenvalue weighted by Gasteiger charge is -2.28. The lowest BCUT2D eigenvalue weighted by molar-refractivity contribution is 0.277. The molecule has 2 N–H and O–H groups in total. The van der Waals surface area contributed by atoms with E-state index in [1.807, 2.05) is 0 Å². The molecule has 0 aliphatic heterocycles. The molecule has 4 fully saturated rings. The Morgan fingerprint density at radius 2 is 0.917 bits per heavy atom. The average Bonchev–Trinajstić information content (AvgIpc) is 3.21. The van der Waals surface area contributed by atoms with E-state index < -0.39 is 0 Å². The number of fused-ring (bicyclic) bond motifs is 2. The standard InChI is InChI=1S/C23H40N/c24-23(11-9-17-13-19-5-1-2-6-20(19)14-17)12-10-18-15-21-7-3-4-8-22(21)16-18/h17-22H,1-16,24H2/q-1. The van der Waals surface area contributed by atoms with Gasteiger partial charge in [-0.05, 0) is 61.2 Å². The first-order valence-corrected chi connectivity index (χ1v) is 11.4. The quantitative estimate of drug-likeness (QED) is 0.555. The molecular formula is C23H40N-. The van der Waals surface area contributed by atoms with Gasteiger partial charge in [-0.3, -0.25) is 6.04 Å². The van der Waals surface area contributed by atoms with Gasteiger partial charge in [0, 0.05) is 0 Å². The predicted octanol–water partition coefficient (Wildman–Crippen LogP) is 6.47. The van der Waals surface area contributed by atoms with Crippen LogP contribution in [0.15, 0.2) is 0 Å². The van der Waals surface area contributed by atoms with Crippen LogP contribution in [0.3, 0.4) is 0 Å². The Labute approximate surface area is 150 Å².